The van der Waals surface area contributed by atoms with Crippen LogP contribution in [0.5, 0.6) is 0 Å². The number of hydrogen-bond acceptors (Lipinski definition) is 2. The van der Waals surface area contributed by atoms with Gasteiger partial charge >= 0.3 is 0 Å². The van der Waals surface area contributed by atoms with Crippen LogP contribution in [-0.2, 0) is 4.79 Å². The highest BCUT2D eigenvalue weighted by Crippen LogP contribution is 2.22. The average molecular weight is 250 g/mol. The van der Waals surface area contributed by atoms with E-state index < -0.39 is 0 Å². The highest BCUT2D eigenvalue weighted by Gasteiger charge is 2.27. The summed E-state index contributed by atoms with van der Waals surface area (Å²) in [6, 6.07) is 6.52. The molecule has 1 fully saturated rings. The first kappa shape index (κ1) is 13.0. The molecule has 1 aromatic rings. The molecule has 1 heterocycles. The Morgan fingerprint density at radius 1 is 1.50 bits per heavy atom. The number of carbonyl (C=O) groups is 1. The third-order valence-electron chi connectivity index (χ3n) is 3.50. The molecule has 0 spiro atoms. The average Bonchev–Trinajstić information content (AvgIpc) is 2.37. The zero-order valence-corrected chi connectivity index (χ0v) is 10.8. The SMILES string of the molecule is CC1CC(C(=O)N(C)c2cccc(F)c2)CCN1. The highest BCUT2D eigenvalue weighted by molar-refractivity contribution is 5.94. The van der Waals surface area contributed by atoms with E-state index in [-0.39, 0.29) is 17.6 Å². The minimum atomic E-state index is -0.314. The summed E-state index contributed by atoms with van der Waals surface area (Å²) in [5.74, 6) is -0.200. The standard InChI is InChI=1S/C14H19FN2O/c1-10-8-11(6-7-16-10)14(18)17(2)13-5-3-4-12(15)9-13/h3-5,9-11,16H,6-8H2,1-2H3. The van der Waals surface area contributed by atoms with E-state index in [4.69, 9.17) is 0 Å². The van der Waals surface area contributed by atoms with Gasteiger partial charge in [-0.05, 0) is 44.5 Å². The van der Waals surface area contributed by atoms with E-state index in [0.29, 0.717) is 11.7 Å². The summed E-state index contributed by atoms with van der Waals surface area (Å²) < 4.78 is 13.1. The van der Waals surface area contributed by atoms with Gasteiger partial charge in [0.25, 0.3) is 0 Å². The Morgan fingerprint density at radius 3 is 2.94 bits per heavy atom. The van der Waals surface area contributed by atoms with Crippen LogP contribution in [-0.4, -0.2) is 25.5 Å². The summed E-state index contributed by atoms with van der Waals surface area (Å²) in [5, 5.41) is 3.32. The van der Waals surface area contributed by atoms with Crippen molar-refractivity contribution in [3.8, 4) is 0 Å². The number of halogens is 1. The third-order valence-corrected chi connectivity index (χ3v) is 3.50. The monoisotopic (exact) mass is 250 g/mol. The second kappa shape index (κ2) is 5.48. The summed E-state index contributed by atoms with van der Waals surface area (Å²) in [5.41, 5.74) is 0.617. The molecule has 1 N–H and O–H groups in total. The van der Waals surface area contributed by atoms with Crippen LogP contribution in [0.1, 0.15) is 19.8 Å². The van der Waals surface area contributed by atoms with E-state index in [9.17, 15) is 9.18 Å². The number of carbonyl (C=O) groups excluding carboxylic acids is 1. The van der Waals surface area contributed by atoms with Crippen molar-refractivity contribution in [3.63, 3.8) is 0 Å². The van der Waals surface area contributed by atoms with E-state index in [1.165, 1.54) is 12.1 Å². The first-order valence-corrected chi connectivity index (χ1v) is 6.34. The molecule has 0 aromatic heterocycles. The molecule has 2 rings (SSSR count). The number of hydrogen-bond donors (Lipinski definition) is 1. The molecule has 1 aliphatic heterocycles. The number of rotatable bonds is 2. The van der Waals surface area contributed by atoms with Crippen LogP contribution >= 0.6 is 0 Å². The molecule has 0 aliphatic carbocycles. The van der Waals surface area contributed by atoms with Crippen molar-refractivity contribution >= 4 is 11.6 Å². The van der Waals surface area contributed by atoms with Crippen LogP contribution in [0.15, 0.2) is 24.3 Å². The molecule has 18 heavy (non-hydrogen) atoms. The molecular formula is C14H19FN2O. The largest absolute Gasteiger partial charge is 0.315 e. The van der Waals surface area contributed by atoms with Crippen LogP contribution in [0.2, 0.25) is 0 Å². The number of benzene rings is 1. The van der Waals surface area contributed by atoms with Gasteiger partial charge in [0.15, 0.2) is 0 Å². The number of piperidine rings is 1. The van der Waals surface area contributed by atoms with Crippen LogP contribution in [0, 0.1) is 11.7 Å². The smallest absolute Gasteiger partial charge is 0.229 e. The van der Waals surface area contributed by atoms with Gasteiger partial charge in [0.2, 0.25) is 5.91 Å². The first-order chi connectivity index (χ1) is 8.58. The Balaban J connectivity index is 2.08. The molecule has 1 amide bonds. The maximum absolute atomic E-state index is 13.1. The van der Waals surface area contributed by atoms with Gasteiger partial charge in [-0.15, -0.1) is 0 Å². The summed E-state index contributed by atoms with van der Waals surface area (Å²) in [4.78, 5) is 13.9. The quantitative estimate of drug-likeness (QED) is 0.872. The van der Waals surface area contributed by atoms with Gasteiger partial charge in [-0.3, -0.25) is 4.79 Å². The maximum Gasteiger partial charge on any atom is 0.229 e. The molecular weight excluding hydrogens is 231 g/mol. The molecule has 2 unspecified atom stereocenters. The summed E-state index contributed by atoms with van der Waals surface area (Å²) >= 11 is 0. The summed E-state index contributed by atoms with van der Waals surface area (Å²) in [7, 11) is 1.71. The minimum Gasteiger partial charge on any atom is -0.315 e. The van der Waals surface area contributed by atoms with Crippen LogP contribution in [0.25, 0.3) is 0 Å². The number of nitrogens with zero attached hydrogens (tertiary/aromatic N) is 1. The molecule has 0 radical (unpaired) electrons. The van der Waals surface area contributed by atoms with Crippen molar-refractivity contribution in [3.05, 3.63) is 30.1 Å². The van der Waals surface area contributed by atoms with Crippen molar-refractivity contribution in [2.24, 2.45) is 5.92 Å². The van der Waals surface area contributed by atoms with E-state index in [0.717, 1.165) is 19.4 Å². The lowest BCUT2D eigenvalue weighted by atomic mass is 9.92. The van der Waals surface area contributed by atoms with Gasteiger partial charge in [0.1, 0.15) is 5.82 Å². The van der Waals surface area contributed by atoms with E-state index in [1.54, 1.807) is 24.1 Å². The molecule has 0 saturated carbocycles. The Hall–Kier alpha value is -1.42. The topological polar surface area (TPSA) is 32.3 Å². The number of nitrogens with one attached hydrogen (secondary N) is 1. The van der Waals surface area contributed by atoms with Crippen molar-refractivity contribution < 1.29 is 9.18 Å². The van der Waals surface area contributed by atoms with Crippen LogP contribution < -0.4 is 10.2 Å². The normalized spacial score (nSPS) is 23.7. The zero-order chi connectivity index (χ0) is 13.1. The molecule has 0 bridgehead atoms. The maximum atomic E-state index is 13.1. The van der Waals surface area contributed by atoms with Crippen molar-refractivity contribution in [1.29, 1.82) is 0 Å². The molecule has 1 aliphatic rings. The fourth-order valence-electron chi connectivity index (χ4n) is 2.44. The molecule has 3 nitrogen and oxygen atoms in total. The second-order valence-electron chi connectivity index (χ2n) is 4.95. The second-order valence-corrected chi connectivity index (χ2v) is 4.95. The van der Waals surface area contributed by atoms with Gasteiger partial charge in [-0.2, -0.15) is 0 Å². The summed E-state index contributed by atoms with van der Waals surface area (Å²) in [6.45, 7) is 2.95. The molecule has 98 valence electrons. The van der Waals surface area contributed by atoms with Crippen molar-refractivity contribution in [2.75, 3.05) is 18.5 Å². The highest BCUT2D eigenvalue weighted by atomic mass is 19.1. The number of anilines is 1. The third kappa shape index (κ3) is 2.88. The first-order valence-electron chi connectivity index (χ1n) is 6.34. The molecule has 1 saturated heterocycles. The Bertz CT molecular complexity index is 436. The predicted octanol–water partition coefficient (Wildman–Crippen LogP) is 2.18. The lowest BCUT2D eigenvalue weighted by Gasteiger charge is -2.30. The minimum absolute atomic E-state index is 0.0366. The van der Waals surface area contributed by atoms with Crippen LogP contribution in [0.4, 0.5) is 10.1 Å². The lowest BCUT2D eigenvalue weighted by molar-refractivity contribution is -0.123. The predicted molar refractivity (Wildman–Crippen MR) is 70.0 cm³/mol. The Kier molecular flexibility index (Phi) is 3.97. The fraction of sp³-hybridized carbons (Fsp3) is 0.500. The van der Waals surface area contributed by atoms with Crippen molar-refractivity contribution in [2.45, 2.75) is 25.8 Å². The van der Waals surface area contributed by atoms with Gasteiger partial charge in [0, 0.05) is 24.7 Å². The van der Waals surface area contributed by atoms with Gasteiger partial charge < -0.3 is 10.2 Å². The van der Waals surface area contributed by atoms with E-state index in [2.05, 4.69) is 12.2 Å². The van der Waals surface area contributed by atoms with Crippen molar-refractivity contribution in [1.82, 2.24) is 5.32 Å². The zero-order valence-electron chi connectivity index (χ0n) is 10.8. The molecule has 1 aromatic carbocycles. The lowest BCUT2D eigenvalue weighted by Crippen LogP contribution is -2.43. The molecule has 2 atom stereocenters. The Morgan fingerprint density at radius 2 is 2.28 bits per heavy atom. The van der Waals surface area contributed by atoms with Gasteiger partial charge in [0.05, 0.1) is 0 Å². The van der Waals surface area contributed by atoms with E-state index >= 15 is 0 Å². The van der Waals surface area contributed by atoms with Crippen LogP contribution in [0.3, 0.4) is 0 Å². The van der Waals surface area contributed by atoms with Gasteiger partial charge in [-0.25, -0.2) is 4.39 Å². The fourth-order valence-corrected chi connectivity index (χ4v) is 2.44. The molecule has 4 heteroatoms. The Labute approximate surface area is 107 Å². The number of amides is 1. The van der Waals surface area contributed by atoms with Gasteiger partial charge in [-0.1, -0.05) is 6.07 Å². The van der Waals surface area contributed by atoms with E-state index in [1.807, 2.05) is 0 Å². The summed E-state index contributed by atoms with van der Waals surface area (Å²) in [6.07, 6.45) is 1.70.